The topological polar surface area (TPSA) is 46.0 Å². The molecule has 0 saturated carbocycles. The first kappa shape index (κ1) is 19.4. The van der Waals surface area contributed by atoms with Gasteiger partial charge in [-0.2, -0.15) is 0 Å². The number of thiocarbonyl (C=S) groups is 1. The molecule has 2 atom stereocenters. The maximum Gasteiger partial charge on any atom is 0.174 e. The van der Waals surface area contributed by atoms with Crippen molar-refractivity contribution in [2.24, 2.45) is 0 Å². The Bertz CT molecular complexity index is 1230. The van der Waals surface area contributed by atoms with Crippen molar-refractivity contribution >= 4 is 23.0 Å². The molecule has 3 aromatic heterocycles. The molecule has 1 aromatic carbocycles. The summed E-state index contributed by atoms with van der Waals surface area (Å²) in [5.74, 6) is 0.576. The van der Waals surface area contributed by atoms with Crippen LogP contribution < -0.4 is 10.2 Å². The van der Waals surface area contributed by atoms with E-state index < -0.39 is 0 Å². The van der Waals surface area contributed by atoms with Crippen molar-refractivity contribution in [3.8, 4) is 5.82 Å². The zero-order valence-corrected chi connectivity index (χ0v) is 17.6. The van der Waals surface area contributed by atoms with Crippen molar-refractivity contribution in [2.75, 3.05) is 4.90 Å². The molecule has 5 nitrogen and oxygen atoms in total. The molecular weight excluding hydrogens is 409 g/mol. The van der Waals surface area contributed by atoms with E-state index in [-0.39, 0.29) is 17.9 Å². The zero-order chi connectivity index (χ0) is 21.4. The fourth-order valence-corrected chi connectivity index (χ4v) is 4.40. The average molecular weight is 430 g/mol. The number of pyridine rings is 2. The van der Waals surface area contributed by atoms with E-state index in [0.717, 1.165) is 22.9 Å². The van der Waals surface area contributed by atoms with Crippen molar-refractivity contribution in [3.63, 3.8) is 0 Å². The summed E-state index contributed by atoms with van der Waals surface area (Å²) in [6.45, 7) is 1.76. The van der Waals surface area contributed by atoms with Crippen LogP contribution in [0.25, 0.3) is 5.82 Å². The minimum atomic E-state index is -0.239. The van der Waals surface area contributed by atoms with Gasteiger partial charge in [0.15, 0.2) is 5.11 Å². The molecule has 0 radical (unpaired) electrons. The van der Waals surface area contributed by atoms with Crippen LogP contribution in [-0.4, -0.2) is 19.6 Å². The highest BCUT2D eigenvalue weighted by Gasteiger charge is 2.42. The molecule has 1 N–H and O–H groups in total. The maximum absolute atomic E-state index is 14.0. The second-order valence-corrected chi connectivity index (χ2v) is 7.81. The molecule has 0 amide bonds. The first-order valence-electron chi connectivity index (χ1n) is 9.99. The number of benzene rings is 1. The van der Waals surface area contributed by atoms with Gasteiger partial charge in [0.25, 0.3) is 0 Å². The Labute approximate surface area is 185 Å². The number of anilines is 1. The first-order valence-corrected chi connectivity index (χ1v) is 10.4. The Morgan fingerprint density at radius 2 is 1.77 bits per heavy atom. The van der Waals surface area contributed by atoms with Crippen LogP contribution in [0.15, 0.2) is 85.3 Å². The molecule has 1 saturated heterocycles. The molecule has 31 heavy (non-hydrogen) atoms. The van der Waals surface area contributed by atoms with E-state index in [2.05, 4.69) is 25.9 Å². The van der Waals surface area contributed by atoms with Crippen LogP contribution in [0.5, 0.6) is 0 Å². The lowest BCUT2D eigenvalue weighted by Crippen LogP contribution is -2.30. The number of aromatic nitrogens is 3. The highest BCUT2D eigenvalue weighted by atomic mass is 32.1. The molecule has 1 aliphatic heterocycles. The number of hydrogen-bond acceptors (Lipinski definition) is 3. The van der Waals surface area contributed by atoms with Gasteiger partial charge in [0.2, 0.25) is 0 Å². The van der Waals surface area contributed by atoms with E-state index in [9.17, 15) is 4.39 Å². The molecule has 5 rings (SSSR count). The largest absolute Gasteiger partial charge is 0.351 e. The van der Waals surface area contributed by atoms with E-state index in [0.29, 0.717) is 10.7 Å². The smallest absolute Gasteiger partial charge is 0.174 e. The van der Waals surface area contributed by atoms with Gasteiger partial charge in [-0.25, -0.2) is 9.37 Å². The van der Waals surface area contributed by atoms with Crippen LogP contribution in [-0.2, 0) is 0 Å². The van der Waals surface area contributed by atoms with Gasteiger partial charge in [-0.05, 0) is 79.3 Å². The summed E-state index contributed by atoms with van der Waals surface area (Å²) in [6.07, 6.45) is 5.54. The van der Waals surface area contributed by atoms with Crippen LogP contribution in [0.4, 0.5) is 10.1 Å². The van der Waals surface area contributed by atoms with Crippen LogP contribution in [0.2, 0.25) is 0 Å². The SMILES string of the molecule is Cc1cc(N2C(=S)N[C@@H](c3ccccn3)[C@@H]2c2cccn2-c2ccccn2)ccc1F. The number of rotatable bonds is 4. The monoisotopic (exact) mass is 429 g/mol. The predicted octanol–water partition coefficient (Wildman–Crippen LogP) is 4.89. The molecule has 1 fully saturated rings. The molecule has 0 unspecified atom stereocenters. The zero-order valence-electron chi connectivity index (χ0n) is 16.8. The molecule has 154 valence electrons. The van der Waals surface area contributed by atoms with Gasteiger partial charge in [-0.15, -0.1) is 0 Å². The van der Waals surface area contributed by atoms with Gasteiger partial charge in [0, 0.05) is 30.0 Å². The van der Waals surface area contributed by atoms with Crippen LogP contribution >= 0.6 is 12.2 Å². The highest BCUT2D eigenvalue weighted by Crippen LogP contribution is 2.42. The number of aryl methyl sites for hydroxylation is 1. The molecule has 1 aliphatic rings. The lowest BCUT2D eigenvalue weighted by Gasteiger charge is -2.29. The van der Waals surface area contributed by atoms with E-state index in [1.54, 1.807) is 25.4 Å². The van der Waals surface area contributed by atoms with Crippen LogP contribution in [0.1, 0.15) is 29.0 Å². The minimum Gasteiger partial charge on any atom is -0.351 e. The third-order valence-electron chi connectivity index (χ3n) is 5.50. The lowest BCUT2D eigenvalue weighted by molar-refractivity contribution is 0.548. The second-order valence-electron chi connectivity index (χ2n) is 7.42. The Kier molecular flexibility index (Phi) is 4.95. The van der Waals surface area contributed by atoms with Gasteiger partial charge in [-0.3, -0.25) is 4.98 Å². The van der Waals surface area contributed by atoms with Crippen molar-refractivity contribution < 1.29 is 4.39 Å². The third kappa shape index (κ3) is 3.47. The van der Waals surface area contributed by atoms with E-state index >= 15 is 0 Å². The van der Waals surface area contributed by atoms with Crippen molar-refractivity contribution in [2.45, 2.75) is 19.0 Å². The summed E-state index contributed by atoms with van der Waals surface area (Å²) in [5, 5.41) is 4.01. The van der Waals surface area contributed by atoms with Crippen molar-refractivity contribution in [1.82, 2.24) is 19.9 Å². The predicted molar refractivity (Wildman–Crippen MR) is 123 cm³/mol. The summed E-state index contributed by atoms with van der Waals surface area (Å²) in [6, 6.07) is 20.4. The molecule has 7 heteroatoms. The second kappa shape index (κ2) is 7.92. The lowest BCUT2D eigenvalue weighted by atomic mass is 10.0. The van der Waals surface area contributed by atoms with Gasteiger partial charge >= 0.3 is 0 Å². The summed E-state index contributed by atoms with van der Waals surface area (Å²) in [4.78, 5) is 11.1. The Balaban J connectivity index is 1.68. The minimum absolute atomic E-state index is 0.184. The molecular formula is C24H20FN5S. The molecule has 0 aliphatic carbocycles. The summed E-state index contributed by atoms with van der Waals surface area (Å²) in [5.41, 5.74) is 3.28. The summed E-state index contributed by atoms with van der Waals surface area (Å²) >= 11 is 5.76. The summed E-state index contributed by atoms with van der Waals surface area (Å²) in [7, 11) is 0. The van der Waals surface area contributed by atoms with E-state index in [4.69, 9.17) is 12.2 Å². The Morgan fingerprint density at radius 1 is 0.968 bits per heavy atom. The van der Waals surface area contributed by atoms with Gasteiger partial charge in [0.1, 0.15) is 17.7 Å². The third-order valence-corrected chi connectivity index (χ3v) is 5.81. The average Bonchev–Trinajstić information content (AvgIpc) is 3.41. The fourth-order valence-electron chi connectivity index (χ4n) is 4.05. The van der Waals surface area contributed by atoms with E-state index in [1.165, 1.54) is 6.07 Å². The Morgan fingerprint density at radius 3 is 2.48 bits per heavy atom. The van der Waals surface area contributed by atoms with Crippen molar-refractivity contribution in [1.29, 1.82) is 0 Å². The molecule has 0 bridgehead atoms. The van der Waals surface area contributed by atoms with Gasteiger partial charge < -0.3 is 14.8 Å². The number of halogens is 1. The van der Waals surface area contributed by atoms with Crippen LogP contribution in [0, 0.1) is 12.7 Å². The number of nitrogens with one attached hydrogen (secondary N) is 1. The highest BCUT2D eigenvalue weighted by molar-refractivity contribution is 7.80. The van der Waals surface area contributed by atoms with Crippen molar-refractivity contribution in [3.05, 3.63) is 108 Å². The molecule has 4 aromatic rings. The molecule has 4 heterocycles. The van der Waals surface area contributed by atoms with Gasteiger partial charge in [0.05, 0.1) is 11.7 Å². The fraction of sp³-hybridized carbons (Fsp3) is 0.125. The summed E-state index contributed by atoms with van der Waals surface area (Å²) < 4.78 is 16.0. The van der Waals surface area contributed by atoms with Crippen LogP contribution in [0.3, 0.4) is 0 Å². The Hall–Kier alpha value is -3.58. The number of nitrogens with zero attached hydrogens (tertiary/aromatic N) is 4. The van der Waals surface area contributed by atoms with E-state index in [1.807, 2.05) is 59.6 Å². The normalized spacial score (nSPS) is 18.3. The van der Waals surface area contributed by atoms with Gasteiger partial charge in [-0.1, -0.05) is 12.1 Å². The molecule has 0 spiro atoms. The standard InChI is InChI=1S/C24H20FN5S/c1-16-15-17(10-11-18(16)25)30-23(22(28-24(30)31)19-7-2-4-12-26-19)20-8-6-14-29(20)21-9-3-5-13-27-21/h2-15,22-23H,1H3,(H,28,31)/t22-,23-/m0/s1. The first-order chi connectivity index (χ1) is 15.1. The maximum atomic E-state index is 14.0. The quantitative estimate of drug-likeness (QED) is 0.468. The number of hydrogen-bond donors (Lipinski definition) is 1.